The molecule has 2 aromatic carbocycles. The Kier molecular flexibility index (Phi) is 5.98. The third kappa shape index (κ3) is 3.76. The monoisotopic (exact) mass is 421 g/mol. The van der Waals surface area contributed by atoms with Gasteiger partial charge in [0.25, 0.3) is 0 Å². The molecule has 1 fully saturated rings. The van der Waals surface area contributed by atoms with E-state index in [2.05, 4.69) is 23.1 Å². The molecule has 2 aromatic rings. The summed E-state index contributed by atoms with van der Waals surface area (Å²) in [7, 11) is 3.16. The largest absolute Gasteiger partial charge is 0.493 e. The maximum Gasteiger partial charge on any atom is 0.229 e. The third-order valence-electron chi connectivity index (χ3n) is 5.41. The Balaban J connectivity index is 1.65. The Bertz CT molecular complexity index is 1020. The van der Waals surface area contributed by atoms with Crippen molar-refractivity contribution in [3.05, 3.63) is 70.3 Å². The van der Waals surface area contributed by atoms with E-state index in [-0.39, 0.29) is 18.2 Å². The van der Waals surface area contributed by atoms with Crippen LogP contribution in [0.15, 0.2) is 59.1 Å². The molecular formula is C23H23N3O3S. The average molecular weight is 422 g/mol. The fourth-order valence-electron chi connectivity index (χ4n) is 4.00. The van der Waals surface area contributed by atoms with Gasteiger partial charge in [0.1, 0.15) is 0 Å². The van der Waals surface area contributed by atoms with E-state index in [0.29, 0.717) is 23.7 Å². The number of carbonyl (C=O) groups is 1. The molecule has 30 heavy (non-hydrogen) atoms. The van der Waals surface area contributed by atoms with Crippen molar-refractivity contribution in [2.24, 2.45) is 0 Å². The number of ether oxygens (including phenoxy) is 2. The lowest BCUT2D eigenvalue weighted by Crippen LogP contribution is -2.46. The van der Waals surface area contributed by atoms with Gasteiger partial charge in [-0.3, -0.25) is 14.6 Å². The van der Waals surface area contributed by atoms with Gasteiger partial charge in [-0.1, -0.05) is 54.2 Å². The smallest absolute Gasteiger partial charge is 0.229 e. The van der Waals surface area contributed by atoms with Crippen LogP contribution in [0.4, 0.5) is 0 Å². The standard InChI is InChI=1S/C23H23N3O3S/c1-28-20-10-6-9-17(22(20)29-2)18-11-21(27)26-14-25(13-16-7-4-3-5-8-16)15-30-23(26)19(18)12-24/h3-10,18H,11,13-15H2,1-2H3. The van der Waals surface area contributed by atoms with Crippen LogP contribution in [0.25, 0.3) is 0 Å². The number of hydrogen-bond acceptors (Lipinski definition) is 6. The topological polar surface area (TPSA) is 65.8 Å². The first kappa shape index (κ1) is 20.3. The molecular weight excluding hydrogens is 398 g/mol. The Morgan fingerprint density at radius 3 is 2.63 bits per heavy atom. The summed E-state index contributed by atoms with van der Waals surface area (Å²) in [5, 5.41) is 10.8. The fourth-order valence-corrected chi connectivity index (χ4v) is 5.14. The van der Waals surface area contributed by atoms with E-state index < -0.39 is 0 Å². The highest BCUT2D eigenvalue weighted by molar-refractivity contribution is 8.03. The van der Waals surface area contributed by atoms with Crippen LogP contribution >= 0.6 is 11.8 Å². The molecule has 6 nitrogen and oxygen atoms in total. The second-order valence-electron chi connectivity index (χ2n) is 7.22. The highest BCUT2D eigenvalue weighted by Crippen LogP contribution is 2.46. The Labute approximate surface area is 180 Å². The number of nitrogens with zero attached hydrogens (tertiary/aromatic N) is 3. The van der Waals surface area contributed by atoms with E-state index in [9.17, 15) is 10.1 Å². The zero-order valence-corrected chi connectivity index (χ0v) is 17.8. The number of para-hydroxylation sites is 1. The molecule has 0 aromatic heterocycles. The zero-order valence-electron chi connectivity index (χ0n) is 17.0. The molecule has 0 saturated carbocycles. The number of nitriles is 1. The fraction of sp³-hybridized carbons (Fsp3) is 0.304. The Morgan fingerprint density at radius 2 is 1.93 bits per heavy atom. The molecule has 1 saturated heterocycles. The van der Waals surface area contributed by atoms with Crippen LogP contribution in [-0.4, -0.2) is 42.5 Å². The van der Waals surface area contributed by atoms with Gasteiger partial charge in [0.2, 0.25) is 5.91 Å². The molecule has 0 aliphatic carbocycles. The van der Waals surface area contributed by atoms with Crippen LogP contribution < -0.4 is 9.47 Å². The summed E-state index contributed by atoms with van der Waals surface area (Å²) < 4.78 is 11.0. The highest BCUT2D eigenvalue weighted by atomic mass is 32.2. The quantitative estimate of drug-likeness (QED) is 0.729. The SMILES string of the molecule is COc1cccc(C2CC(=O)N3CN(Cc4ccccc4)CSC3=C2C#N)c1OC. The average Bonchev–Trinajstić information content (AvgIpc) is 2.79. The van der Waals surface area contributed by atoms with Gasteiger partial charge in [-0.25, -0.2) is 0 Å². The number of carbonyl (C=O) groups excluding carboxylic acids is 1. The van der Waals surface area contributed by atoms with Gasteiger partial charge in [0.15, 0.2) is 11.5 Å². The van der Waals surface area contributed by atoms with Gasteiger partial charge in [0.05, 0.1) is 43.4 Å². The minimum absolute atomic E-state index is 0.0177. The molecule has 2 aliphatic heterocycles. The number of allylic oxidation sites excluding steroid dienone is 1. The van der Waals surface area contributed by atoms with Crippen LogP contribution in [0.2, 0.25) is 0 Å². The molecule has 4 rings (SSSR count). The molecule has 154 valence electrons. The lowest BCUT2D eigenvalue weighted by Gasteiger charge is -2.41. The third-order valence-corrected chi connectivity index (χ3v) is 6.62. The van der Waals surface area contributed by atoms with Gasteiger partial charge in [0, 0.05) is 24.4 Å². The van der Waals surface area contributed by atoms with Crippen molar-refractivity contribution in [3.63, 3.8) is 0 Å². The first-order valence-corrected chi connectivity index (χ1v) is 10.7. The molecule has 1 atom stereocenters. The van der Waals surface area contributed by atoms with E-state index in [4.69, 9.17) is 9.47 Å². The summed E-state index contributed by atoms with van der Waals surface area (Å²) in [5.41, 5.74) is 2.63. The van der Waals surface area contributed by atoms with Crippen molar-refractivity contribution in [2.75, 3.05) is 26.8 Å². The second kappa shape index (κ2) is 8.82. The molecule has 0 radical (unpaired) electrons. The van der Waals surface area contributed by atoms with E-state index in [1.54, 1.807) is 30.9 Å². The van der Waals surface area contributed by atoms with Gasteiger partial charge >= 0.3 is 0 Å². The number of methoxy groups -OCH3 is 2. The van der Waals surface area contributed by atoms with Gasteiger partial charge in [-0.05, 0) is 11.6 Å². The van der Waals surface area contributed by atoms with E-state index in [1.807, 2.05) is 36.4 Å². The summed E-state index contributed by atoms with van der Waals surface area (Å²) >= 11 is 1.55. The van der Waals surface area contributed by atoms with Crippen molar-refractivity contribution >= 4 is 17.7 Å². The second-order valence-corrected chi connectivity index (χ2v) is 8.15. The van der Waals surface area contributed by atoms with E-state index in [0.717, 1.165) is 23.0 Å². The maximum absolute atomic E-state index is 13.1. The highest BCUT2D eigenvalue weighted by Gasteiger charge is 2.39. The normalized spacial score (nSPS) is 19.3. The number of rotatable bonds is 5. The summed E-state index contributed by atoms with van der Waals surface area (Å²) in [4.78, 5) is 17.1. The number of benzene rings is 2. The molecule has 1 unspecified atom stereocenters. The van der Waals surface area contributed by atoms with Crippen LogP contribution in [0.5, 0.6) is 11.5 Å². The Morgan fingerprint density at radius 1 is 1.13 bits per heavy atom. The van der Waals surface area contributed by atoms with Crippen LogP contribution in [0, 0.1) is 11.3 Å². The molecule has 2 heterocycles. The summed E-state index contributed by atoms with van der Waals surface area (Å²) in [6, 6.07) is 18.2. The maximum atomic E-state index is 13.1. The summed E-state index contributed by atoms with van der Waals surface area (Å²) in [5.74, 6) is 1.57. The predicted octanol–water partition coefficient (Wildman–Crippen LogP) is 3.92. The van der Waals surface area contributed by atoms with Crippen molar-refractivity contribution < 1.29 is 14.3 Å². The van der Waals surface area contributed by atoms with Crippen molar-refractivity contribution in [1.82, 2.24) is 9.80 Å². The zero-order chi connectivity index (χ0) is 21.1. The molecule has 2 aliphatic rings. The summed E-state index contributed by atoms with van der Waals surface area (Å²) in [6.45, 7) is 1.25. The molecule has 0 spiro atoms. The van der Waals surface area contributed by atoms with Gasteiger partial charge in [-0.15, -0.1) is 0 Å². The molecule has 0 bridgehead atoms. The minimum atomic E-state index is -0.341. The van der Waals surface area contributed by atoms with Crippen molar-refractivity contribution in [3.8, 4) is 17.6 Å². The van der Waals surface area contributed by atoms with Gasteiger partial charge < -0.3 is 9.47 Å². The molecule has 7 heteroatoms. The molecule has 0 N–H and O–H groups in total. The van der Waals surface area contributed by atoms with Crippen LogP contribution in [0.3, 0.4) is 0 Å². The lowest BCUT2D eigenvalue weighted by molar-refractivity contribution is -0.131. The van der Waals surface area contributed by atoms with Crippen molar-refractivity contribution in [2.45, 2.75) is 18.9 Å². The molecule has 1 amide bonds. The van der Waals surface area contributed by atoms with Crippen LogP contribution in [0.1, 0.15) is 23.5 Å². The number of hydrogen-bond donors (Lipinski definition) is 0. The van der Waals surface area contributed by atoms with E-state index in [1.165, 1.54) is 5.56 Å². The first-order chi connectivity index (χ1) is 14.7. The van der Waals surface area contributed by atoms with Gasteiger partial charge in [-0.2, -0.15) is 5.26 Å². The van der Waals surface area contributed by atoms with Crippen LogP contribution in [-0.2, 0) is 11.3 Å². The predicted molar refractivity (Wildman–Crippen MR) is 116 cm³/mol. The van der Waals surface area contributed by atoms with E-state index >= 15 is 0 Å². The first-order valence-electron chi connectivity index (χ1n) is 9.70. The number of fused-ring (bicyclic) bond motifs is 1. The Hall–Kier alpha value is -2.95. The van der Waals surface area contributed by atoms with Crippen molar-refractivity contribution in [1.29, 1.82) is 5.26 Å². The summed E-state index contributed by atoms with van der Waals surface area (Å²) in [6.07, 6.45) is 0.232. The number of amides is 1. The lowest BCUT2D eigenvalue weighted by atomic mass is 9.85. The number of thioether (sulfide) groups is 1. The minimum Gasteiger partial charge on any atom is -0.493 e.